The van der Waals surface area contributed by atoms with Crippen LogP contribution >= 0.6 is 11.6 Å². The monoisotopic (exact) mass is 396 g/mol. The molecule has 0 bridgehead atoms. The molecule has 144 valence electrons. The Labute approximate surface area is 167 Å². The Kier molecular flexibility index (Phi) is 4.33. The summed E-state index contributed by atoms with van der Waals surface area (Å²) in [6.45, 7) is 1.37. The maximum Gasteiger partial charge on any atom is 0.255 e. The average molecular weight is 397 g/mol. The minimum Gasteiger partial charge on any atom is -0.391 e. The lowest BCUT2D eigenvalue weighted by Crippen LogP contribution is -2.36. The predicted molar refractivity (Wildman–Crippen MR) is 106 cm³/mol. The zero-order valence-electron chi connectivity index (χ0n) is 15.3. The van der Waals surface area contributed by atoms with Gasteiger partial charge in [-0.25, -0.2) is 4.98 Å². The molecule has 3 aromatic rings. The Morgan fingerprint density at radius 2 is 1.93 bits per heavy atom. The number of aliphatic hydroxyl groups excluding tert-OH is 1. The van der Waals surface area contributed by atoms with Gasteiger partial charge in [-0.1, -0.05) is 23.7 Å². The van der Waals surface area contributed by atoms with E-state index in [1.807, 2.05) is 35.5 Å². The van der Waals surface area contributed by atoms with Crippen molar-refractivity contribution in [2.24, 2.45) is 11.8 Å². The molecule has 3 heterocycles. The van der Waals surface area contributed by atoms with E-state index < -0.39 is 6.10 Å². The molecular weight excluding hydrogens is 376 g/mol. The van der Waals surface area contributed by atoms with Gasteiger partial charge in [-0.15, -0.1) is 0 Å². The second-order valence-corrected chi connectivity index (χ2v) is 8.31. The standard InChI is InChI=1S/C21H21ClN4O2/c22-16-5-13(8-23-9-16)21(28)25-10-14-6-19(20(27)7-15(14)11-25)26-12-24-17-3-1-2-4-18(17)26/h1-5,8-9,12,14-15,19-20,27H,6-7,10-11H2/t14-,15+,19-,20-/m1/s1. The van der Waals surface area contributed by atoms with Crippen molar-refractivity contribution in [3.05, 3.63) is 59.6 Å². The number of halogens is 1. The maximum absolute atomic E-state index is 12.9. The van der Waals surface area contributed by atoms with Crippen LogP contribution in [0.1, 0.15) is 29.2 Å². The van der Waals surface area contributed by atoms with E-state index in [0.29, 0.717) is 41.9 Å². The van der Waals surface area contributed by atoms with Crippen molar-refractivity contribution in [1.29, 1.82) is 0 Å². The van der Waals surface area contributed by atoms with E-state index in [2.05, 4.69) is 14.5 Å². The van der Waals surface area contributed by atoms with Crippen LogP contribution in [0, 0.1) is 11.8 Å². The number of imidazole rings is 1. The Balaban J connectivity index is 1.36. The van der Waals surface area contributed by atoms with E-state index in [1.165, 1.54) is 6.20 Å². The van der Waals surface area contributed by atoms with Gasteiger partial charge in [0.1, 0.15) is 0 Å². The lowest BCUT2D eigenvalue weighted by atomic mass is 9.77. The maximum atomic E-state index is 12.9. The first-order valence-electron chi connectivity index (χ1n) is 9.59. The molecule has 2 aliphatic rings. The van der Waals surface area contributed by atoms with E-state index in [0.717, 1.165) is 17.5 Å². The van der Waals surface area contributed by atoms with Crippen molar-refractivity contribution in [2.75, 3.05) is 13.1 Å². The van der Waals surface area contributed by atoms with Crippen molar-refractivity contribution in [2.45, 2.75) is 25.0 Å². The Morgan fingerprint density at radius 3 is 2.75 bits per heavy atom. The number of hydrogen-bond acceptors (Lipinski definition) is 4. The van der Waals surface area contributed by atoms with Crippen molar-refractivity contribution >= 4 is 28.5 Å². The van der Waals surface area contributed by atoms with Gasteiger partial charge in [0.15, 0.2) is 0 Å². The van der Waals surface area contributed by atoms with Gasteiger partial charge in [0, 0.05) is 25.5 Å². The molecule has 4 atom stereocenters. The fraction of sp³-hybridized carbons (Fsp3) is 0.381. The first-order valence-corrected chi connectivity index (χ1v) is 9.97. The van der Waals surface area contributed by atoms with Gasteiger partial charge in [-0.05, 0) is 42.9 Å². The molecule has 1 aliphatic heterocycles. The number of amides is 1. The smallest absolute Gasteiger partial charge is 0.255 e. The van der Waals surface area contributed by atoms with Gasteiger partial charge in [0.2, 0.25) is 0 Å². The number of pyridine rings is 1. The van der Waals surface area contributed by atoms with E-state index >= 15 is 0 Å². The third-order valence-corrected chi connectivity index (χ3v) is 6.39. The molecule has 0 radical (unpaired) electrons. The summed E-state index contributed by atoms with van der Waals surface area (Å²) in [5, 5.41) is 11.3. The van der Waals surface area contributed by atoms with Gasteiger partial charge in [-0.2, -0.15) is 0 Å². The van der Waals surface area contributed by atoms with Crippen LogP contribution in [0.25, 0.3) is 11.0 Å². The highest BCUT2D eigenvalue weighted by molar-refractivity contribution is 6.30. The van der Waals surface area contributed by atoms with Crippen molar-refractivity contribution in [3.63, 3.8) is 0 Å². The lowest BCUT2D eigenvalue weighted by Gasteiger charge is -2.36. The van der Waals surface area contributed by atoms with Crippen LogP contribution in [-0.2, 0) is 0 Å². The molecule has 2 aromatic heterocycles. The number of aliphatic hydroxyl groups is 1. The number of hydrogen-bond donors (Lipinski definition) is 1. The highest BCUT2D eigenvalue weighted by Gasteiger charge is 2.43. The molecule has 1 N–H and O–H groups in total. The molecule has 2 fully saturated rings. The van der Waals surface area contributed by atoms with Crippen LogP contribution in [0.4, 0.5) is 0 Å². The summed E-state index contributed by atoms with van der Waals surface area (Å²) < 4.78 is 2.10. The van der Waals surface area contributed by atoms with Crippen LogP contribution in [0.3, 0.4) is 0 Å². The van der Waals surface area contributed by atoms with E-state index in [4.69, 9.17) is 11.6 Å². The molecule has 1 saturated carbocycles. The summed E-state index contributed by atoms with van der Waals surface area (Å²) >= 11 is 5.99. The van der Waals surface area contributed by atoms with Crippen LogP contribution in [0.2, 0.25) is 5.02 Å². The molecule has 0 spiro atoms. The molecule has 1 aromatic carbocycles. The summed E-state index contributed by atoms with van der Waals surface area (Å²) in [6.07, 6.45) is 6.00. The number of rotatable bonds is 2. The topological polar surface area (TPSA) is 71.2 Å². The minimum atomic E-state index is -0.443. The van der Waals surface area contributed by atoms with Crippen molar-refractivity contribution in [1.82, 2.24) is 19.4 Å². The molecule has 1 saturated heterocycles. The Bertz CT molecular complexity index is 1040. The summed E-state index contributed by atoms with van der Waals surface area (Å²) in [5.41, 5.74) is 2.50. The minimum absolute atomic E-state index is 0.0171. The number of nitrogens with zero attached hydrogens (tertiary/aromatic N) is 4. The first-order chi connectivity index (χ1) is 13.6. The molecule has 6 nitrogen and oxygen atoms in total. The zero-order chi connectivity index (χ0) is 19.3. The fourth-order valence-corrected chi connectivity index (χ4v) is 5.00. The Hall–Kier alpha value is -2.44. The second-order valence-electron chi connectivity index (χ2n) is 7.87. The summed E-state index contributed by atoms with van der Waals surface area (Å²) in [6, 6.07) is 9.63. The van der Waals surface area contributed by atoms with Gasteiger partial charge >= 0.3 is 0 Å². The fourth-order valence-electron chi connectivity index (χ4n) is 4.83. The lowest BCUT2D eigenvalue weighted by molar-refractivity contribution is 0.0374. The van der Waals surface area contributed by atoms with Gasteiger partial charge in [0.25, 0.3) is 5.91 Å². The summed E-state index contributed by atoms with van der Waals surface area (Å²) in [7, 11) is 0. The SMILES string of the molecule is O=C(c1cncc(Cl)c1)N1C[C@H]2C[C@@H](n3cnc4ccccc43)[C@H](O)C[C@H]2C1. The third kappa shape index (κ3) is 2.97. The number of carbonyl (C=O) groups is 1. The largest absolute Gasteiger partial charge is 0.391 e. The van der Waals surface area contributed by atoms with E-state index in [1.54, 1.807) is 12.3 Å². The van der Waals surface area contributed by atoms with Crippen LogP contribution < -0.4 is 0 Å². The number of fused-ring (bicyclic) bond motifs is 2. The molecule has 7 heteroatoms. The molecule has 28 heavy (non-hydrogen) atoms. The molecule has 1 aliphatic carbocycles. The molecule has 1 amide bonds. The number of para-hydroxylation sites is 2. The number of benzene rings is 1. The summed E-state index contributed by atoms with van der Waals surface area (Å²) in [5.74, 6) is 0.645. The second kappa shape index (κ2) is 6.87. The van der Waals surface area contributed by atoms with Gasteiger partial charge in [-0.3, -0.25) is 9.78 Å². The molecule has 5 rings (SSSR count). The van der Waals surface area contributed by atoms with Crippen LogP contribution in [-0.4, -0.2) is 49.6 Å². The van der Waals surface area contributed by atoms with E-state index in [-0.39, 0.29) is 11.9 Å². The quantitative estimate of drug-likeness (QED) is 0.722. The molecular formula is C21H21ClN4O2. The van der Waals surface area contributed by atoms with Crippen molar-refractivity contribution in [3.8, 4) is 0 Å². The highest BCUT2D eigenvalue weighted by Crippen LogP contribution is 2.42. The van der Waals surface area contributed by atoms with Gasteiger partial charge in [0.05, 0.1) is 40.1 Å². The van der Waals surface area contributed by atoms with Crippen LogP contribution in [0.5, 0.6) is 0 Å². The van der Waals surface area contributed by atoms with Crippen molar-refractivity contribution < 1.29 is 9.90 Å². The predicted octanol–water partition coefficient (Wildman–Crippen LogP) is 3.17. The Morgan fingerprint density at radius 1 is 1.14 bits per heavy atom. The number of likely N-dealkylation sites (tertiary alicyclic amines) is 1. The third-order valence-electron chi connectivity index (χ3n) is 6.19. The number of carbonyl (C=O) groups excluding carboxylic acids is 1. The number of aromatic nitrogens is 3. The highest BCUT2D eigenvalue weighted by atomic mass is 35.5. The van der Waals surface area contributed by atoms with Crippen LogP contribution in [0.15, 0.2) is 49.1 Å². The zero-order valence-corrected chi connectivity index (χ0v) is 16.0. The molecule has 0 unspecified atom stereocenters. The summed E-state index contributed by atoms with van der Waals surface area (Å²) in [4.78, 5) is 23.2. The average Bonchev–Trinajstić information content (AvgIpc) is 3.30. The van der Waals surface area contributed by atoms with Gasteiger partial charge < -0.3 is 14.6 Å². The normalized spacial score (nSPS) is 27.1. The van der Waals surface area contributed by atoms with E-state index in [9.17, 15) is 9.90 Å². The first kappa shape index (κ1) is 17.6.